The fourth-order valence-corrected chi connectivity index (χ4v) is 6.44. The van der Waals surface area contributed by atoms with Crippen LogP contribution in [0.4, 0.5) is 11.4 Å². The van der Waals surface area contributed by atoms with Crippen LogP contribution in [0.5, 0.6) is 0 Å². The number of unbranched alkanes of at least 4 members (excludes halogenated alkanes) is 1. The molecule has 3 heterocycles. The molecule has 2 aromatic rings. The van der Waals surface area contributed by atoms with Crippen molar-refractivity contribution in [2.24, 2.45) is 0 Å². The van der Waals surface area contributed by atoms with Crippen molar-refractivity contribution in [1.29, 1.82) is 0 Å². The predicted octanol–water partition coefficient (Wildman–Crippen LogP) is 6.10. The van der Waals surface area contributed by atoms with Gasteiger partial charge in [0.2, 0.25) is 5.69 Å². The number of anilines is 1. The minimum absolute atomic E-state index is 0.0889. The molecule has 3 aliphatic rings. The van der Waals surface area contributed by atoms with E-state index in [0.29, 0.717) is 11.5 Å². The van der Waals surface area contributed by atoms with Crippen LogP contribution in [-0.2, 0) is 30.1 Å². The number of hydrogen-bond acceptors (Lipinski definition) is 5. The molecule has 1 saturated heterocycles. The van der Waals surface area contributed by atoms with Crippen molar-refractivity contribution in [2.75, 3.05) is 18.0 Å². The molecule has 5 rings (SSSR count). The van der Waals surface area contributed by atoms with Crippen LogP contribution in [-0.4, -0.2) is 46.2 Å². The molecule has 0 aliphatic carbocycles. The van der Waals surface area contributed by atoms with Crippen LogP contribution in [0.25, 0.3) is 0 Å². The average Bonchev–Trinajstić information content (AvgIpc) is 3.47. The molecule has 0 aromatic heterocycles. The number of carbonyl (C=O) groups is 3. The summed E-state index contributed by atoms with van der Waals surface area (Å²) in [5.41, 5.74) is 7.31. The number of hydrogen-bond donors (Lipinski definition) is 0. The maximum absolute atomic E-state index is 12.3. The Kier molecular flexibility index (Phi) is 7.73. The molecule has 0 spiro atoms. The first-order valence-electron chi connectivity index (χ1n) is 14.6. The van der Waals surface area contributed by atoms with Crippen molar-refractivity contribution in [3.05, 3.63) is 83.6 Å². The van der Waals surface area contributed by atoms with Crippen LogP contribution in [0.2, 0.25) is 0 Å². The quantitative estimate of drug-likeness (QED) is 0.213. The van der Waals surface area contributed by atoms with Gasteiger partial charge in [0.25, 0.3) is 11.8 Å². The highest BCUT2D eigenvalue weighted by Gasteiger charge is 2.44. The number of fused-ring (bicyclic) bond motifs is 2. The molecule has 0 bridgehead atoms. The Morgan fingerprint density at radius 2 is 1.59 bits per heavy atom. The van der Waals surface area contributed by atoms with E-state index in [2.05, 4.69) is 111 Å². The summed E-state index contributed by atoms with van der Waals surface area (Å²) >= 11 is 0. The molecule has 0 atom stereocenters. The van der Waals surface area contributed by atoms with E-state index in [1.54, 1.807) is 0 Å². The lowest BCUT2D eigenvalue weighted by atomic mass is 9.81. The van der Waals surface area contributed by atoms with E-state index in [-0.39, 0.29) is 30.1 Å². The zero-order valence-electron chi connectivity index (χ0n) is 24.8. The van der Waals surface area contributed by atoms with Crippen LogP contribution in [0, 0.1) is 0 Å². The van der Waals surface area contributed by atoms with Crippen molar-refractivity contribution in [1.82, 2.24) is 5.06 Å². The highest BCUT2D eigenvalue weighted by atomic mass is 16.7. The van der Waals surface area contributed by atoms with Gasteiger partial charge < -0.3 is 9.74 Å². The standard InChI is InChI=1S/C34H40N3O4/c1-6-35-26-16-9-7-14-24(26)33(2,3)28(35)18-13-19-29-34(4,5)25-15-8-10-17-27(25)36(29)23-12-11-20-32(40)41-37-30(38)21-22-31(37)39/h7-10,13-19H,6,11-12,20-23H2,1-5H3/q+1. The van der Waals surface area contributed by atoms with Crippen molar-refractivity contribution in [2.45, 2.75) is 77.6 Å². The summed E-state index contributed by atoms with van der Waals surface area (Å²) in [5, 5.41) is 0.622. The van der Waals surface area contributed by atoms with E-state index in [1.165, 1.54) is 33.9 Å². The number of para-hydroxylation sites is 2. The number of hydroxylamine groups is 2. The van der Waals surface area contributed by atoms with Gasteiger partial charge in [-0.05, 0) is 51.3 Å². The summed E-state index contributed by atoms with van der Waals surface area (Å²) in [6, 6.07) is 17.2. The number of amides is 2. The van der Waals surface area contributed by atoms with Gasteiger partial charge in [0, 0.05) is 60.3 Å². The number of imide groups is 1. The molecule has 0 unspecified atom stereocenters. The number of rotatable bonds is 9. The molecule has 0 N–H and O–H groups in total. The Hall–Kier alpha value is -4.00. The van der Waals surface area contributed by atoms with Gasteiger partial charge in [0.15, 0.2) is 5.71 Å². The summed E-state index contributed by atoms with van der Waals surface area (Å²) < 4.78 is 2.40. The zero-order chi connectivity index (χ0) is 29.4. The molecule has 1 fully saturated rings. The smallest absolute Gasteiger partial charge is 0.333 e. The number of benzene rings is 2. The van der Waals surface area contributed by atoms with Gasteiger partial charge >= 0.3 is 5.97 Å². The second-order valence-electron chi connectivity index (χ2n) is 12.0. The molecular formula is C34H40N3O4+. The summed E-state index contributed by atoms with van der Waals surface area (Å²) in [6.45, 7) is 12.9. The van der Waals surface area contributed by atoms with Crippen LogP contribution in [0.1, 0.15) is 77.8 Å². The first-order chi connectivity index (χ1) is 19.6. The van der Waals surface area contributed by atoms with Gasteiger partial charge in [-0.2, -0.15) is 4.58 Å². The van der Waals surface area contributed by atoms with Gasteiger partial charge in [0.05, 0.1) is 5.41 Å². The maximum Gasteiger partial charge on any atom is 0.333 e. The number of carbonyl (C=O) groups excluding carboxylic acids is 3. The van der Waals surface area contributed by atoms with Crippen molar-refractivity contribution in [3.8, 4) is 0 Å². The van der Waals surface area contributed by atoms with Crippen molar-refractivity contribution < 1.29 is 23.8 Å². The van der Waals surface area contributed by atoms with Gasteiger partial charge in [-0.25, -0.2) is 4.79 Å². The molecule has 214 valence electrons. The van der Waals surface area contributed by atoms with Crippen LogP contribution in [0.15, 0.2) is 72.5 Å². The SMILES string of the molecule is CC[N+]1=C(/C=C/C=C2/N(CCCCC(=O)ON3C(=O)CCC3=O)c3ccccc3C2(C)C)C(C)(C)c2ccccc21. The van der Waals surface area contributed by atoms with E-state index >= 15 is 0 Å². The fraction of sp³-hybridized carbons (Fsp3) is 0.412. The Labute approximate surface area is 242 Å². The van der Waals surface area contributed by atoms with Gasteiger partial charge in [0.1, 0.15) is 6.54 Å². The largest absolute Gasteiger partial charge is 0.344 e. The molecular weight excluding hydrogens is 514 g/mol. The normalized spacial score (nSPS) is 20.0. The number of nitrogens with zero attached hydrogens (tertiary/aromatic N) is 3. The molecule has 0 saturated carbocycles. The van der Waals surface area contributed by atoms with E-state index in [4.69, 9.17) is 4.84 Å². The summed E-state index contributed by atoms with van der Waals surface area (Å²) in [4.78, 5) is 43.2. The first kappa shape index (κ1) is 28.5. The lowest BCUT2D eigenvalue weighted by Gasteiger charge is -2.27. The third-order valence-corrected chi connectivity index (χ3v) is 8.63. The van der Waals surface area contributed by atoms with Crippen LogP contribution in [0.3, 0.4) is 0 Å². The Morgan fingerprint density at radius 1 is 0.927 bits per heavy atom. The van der Waals surface area contributed by atoms with Crippen molar-refractivity contribution in [3.63, 3.8) is 0 Å². The lowest BCUT2D eigenvalue weighted by Crippen LogP contribution is -2.32. The minimum atomic E-state index is -0.549. The van der Waals surface area contributed by atoms with Gasteiger partial charge in [-0.1, -0.05) is 56.3 Å². The van der Waals surface area contributed by atoms with E-state index in [0.717, 1.165) is 19.5 Å². The highest BCUT2D eigenvalue weighted by molar-refractivity contribution is 6.03. The van der Waals surface area contributed by atoms with E-state index in [1.807, 2.05) is 0 Å². The van der Waals surface area contributed by atoms with Crippen LogP contribution >= 0.6 is 0 Å². The molecule has 2 amide bonds. The molecule has 7 heteroatoms. The highest BCUT2D eigenvalue weighted by Crippen LogP contribution is 2.48. The summed E-state index contributed by atoms with van der Waals surface area (Å²) in [7, 11) is 0. The average molecular weight is 555 g/mol. The Morgan fingerprint density at radius 3 is 2.29 bits per heavy atom. The summed E-state index contributed by atoms with van der Waals surface area (Å²) in [6.07, 6.45) is 8.36. The van der Waals surface area contributed by atoms with Gasteiger partial charge in [-0.15, -0.1) is 5.06 Å². The van der Waals surface area contributed by atoms with Crippen molar-refractivity contribution >= 4 is 34.9 Å². The summed E-state index contributed by atoms with van der Waals surface area (Å²) in [5.74, 6) is -1.45. The molecule has 3 aliphatic heterocycles. The first-order valence-corrected chi connectivity index (χ1v) is 14.6. The Balaban J connectivity index is 1.33. The number of allylic oxidation sites excluding steroid dienone is 4. The van der Waals surface area contributed by atoms with E-state index < -0.39 is 17.8 Å². The molecule has 2 aromatic carbocycles. The molecule has 41 heavy (non-hydrogen) atoms. The third kappa shape index (κ3) is 5.14. The van der Waals surface area contributed by atoms with Gasteiger partial charge in [-0.3, -0.25) is 9.59 Å². The Bertz CT molecular complexity index is 1460. The monoisotopic (exact) mass is 554 g/mol. The minimum Gasteiger partial charge on any atom is -0.344 e. The predicted molar refractivity (Wildman–Crippen MR) is 160 cm³/mol. The molecule has 7 nitrogen and oxygen atoms in total. The molecule has 0 radical (unpaired) electrons. The fourth-order valence-electron chi connectivity index (χ4n) is 6.44. The lowest BCUT2D eigenvalue weighted by molar-refractivity contribution is -0.433. The van der Waals surface area contributed by atoms with E-state index in [9.17, 15) is 14.4 Å². The second kappa shape index (κ2) is 11.1. The topological polar surface area (TPSA) is 69.9 Å². The third-order valence-electron chi connectivity index (χ3n) is 8.63. The second-order valence-corrected chi connectivity index (χ2v) is 12.0. The maximum atomic E-state index is 12.3. The zero-order valence-corrected chi connectivity index (χ0v) is 24.8. The van der Waals surface area contributed by atoms with Crippen LogP contribution < -0.4 is 4.90 Å².